The van der Waals surface area contributed by atoms with Crippen LogP contribution in [0, 0.1) is 0 Å². The van der Waals surface area contributed by atoms with E-state index < -0.39 is 5.60 Å². The van der Waals surface area contributed by atoms with Gasteiger partial charge in [0.25, 0.3) is 0 Å². The summed E-state index contributed by atoms with van der Waals surface area (Å²) in [6, 6.07) is 0.674. The molecule has 0 saturated heterocycles. The van der Waals surface area contributed by atoms with Crippen LogP contribution in [0.4, 0.5) is 0 Å². The molecule has 0 aromatic carbocycles. The molecular weight excluding hydrogens is 214 g/mol. The number of hydrogen-bond donors (Lipinski definition) is 2. The lowest BCUT2D eigenvalue weighted by molar-refractivity contribution is -0.0979. The zero-order valence-corrected chi connectivity index (χ0v) is 11.1. The SMILES string of the molecule is CNC1CCC(OCC2(O)CCCCC2)CC1. The van der Waals surface area contributed by atoms with Crippen LogP contribution in [-0.4, -0.2) is 36.5 Å². The van der Waals surface area contributed by atoms with Crippen molar-refractivity contribution >= 4 is 0 Å². The van der Waals surface area contributed by atoms with Crippen molar-refractivity contribution in [1.29, 1.82) is 0 Å². The summed E-state index contributed by atoms with van der Waals surface area (Å²) in [6.45, 7) is 0.557. The van der Waals surface area contributed by atoms with Crippen molar-refractivity contribution in [2.24, 2.45) is 0 Å². The van der Waals surface area contributed by atoms with Crippen molar-refractivity contribution in [3.05, 3.63) is 0 Å². The van der Waals surface area contributed by atoms with Crippen LogP contribution in [0.3, 0.4) is 0 Å². The quantitative estimate of drug-likeness (QED) is 0.793. The van der Waals surface area contributed by atoms with Gasteiger partial charge in [-0.25, -0.2) is 0 Å². The lowest BCUT2D eigenvalue weighted by atomic mass is 9.85. The van der Waals surface area contributed by atoms with E-state index in [1.54, 1.807) is 0 Å². The van der Waals surface area contributed by atoms with Crippen LogP contribution in [0.1, 0.15) is 57.8 Å². The van der Waals surface area contributed by atoms with Gasteiger partial charge in [0.1, 0.15) is 0 Å². The molecule has 0 bridgehead atoms. The van der Waals surface area contributed by atoms with E-state index in [2.05, 4.69) is 5.32 Å². The van der Waals surface area contributed by atoms with Crippen molar-refractivity contribution < 1.29 is 9.84 Å². The first-order valence-electron chi connectivity index (χ1n) is 7.23. The van der Waals surface area contributed by atoms with Crippen LogP contribution in [0.25, 0.3) is 0 Å². The molecule has 2 aliphatic rings. The first-order chi connectivity index (χ1) is 8.22. The first kappa shape index (κ1) is 13.3. The summed E-state index contributed by atoms with van der Waals surface area (Å²) in [7, 11) is 2.04. The van der Waals surface area contributed by atoms with Gasteiger partial charge in [-0.3, -0.25) is 0 Å². The minimum Gasteiger partial charge on any atom is -0.387 e. The monoisotopic (exact) mass is 241 g/mol. The van der Waals surface area contributed by atoms with E-state index in [1.807, 2.05) is 7.05 Å². The lowest BCUT2D eigenvalue weighted by Crippen LogP contribution is -2.40. The Morgan fingerprint density at radius 1 is 1.12 bits per heavy atom. The maximum absolute atomic E-state index is 10.4. The second kappa shape index (κ2) is 6.17. The van der Waals surface area contributed by atoms with Crippen molar-refractivity contribution in [2.75, 3.05) is 13.7 Å². The van der Waals surface area contributed by atoms with E-state index in [9.17, 15) is 5.11 Å². The fraction of sp³-hybridized carbons (Fsp3) is 1.00. The minimum atomic E-state index is -0.516. The van der Waals surface area contributed by atoms with Gasteiger partial charge in [-0.05, 0) is 45.6 Å². The fourth-order valence-electron chi connectivity index (χ4n) is 3.15. The maximum atomic E-state index is 10.4. The van der Waals surface area contributed by atoms with Crippen molar-refractivity contribution in [1.82, 2.24) is 5.32 Å². The standard InChI is InChI=1S/C14H27NO2/c1-15-12-5-7-13(8-6-12)17-11-14(16)9-3-2-4-10-14/h12-13,15-16H,2-11H2,1H3. The minimum absolute atomic E-state index is 0.380. The summed E-state index contributed by atoms with van der Waals surface area (Å²) in [5, 5.41) is 13.7. The lowest BCUT2D eigenvalue weighted by Gasteiger charge is -2.35. The Morgan fingerprint density at radius 3 is 2.35 bits per heavy atom. The summed E-state index contributed by atoms with van der Waals surface area (Å²) in [5.74, 6) is 0. The van der Waals surface area contributed by atoms with Crippen LogP contribution in [0.2, 0.25) is 0 Å². The van der Waals surface area contributed by atoms with Gasteiger partial charge in [0.15, 0.2) is 0 Å². The highest BCUT2D eigenvalue weighted by Gasteiger charge is 2.31. The van der Waals surface area contributed by atoms with Crippen LogP contribution >= 0.6 is 0 Å². The number of aliphatic hydroxyl groups is 1. The van der Waals surface area contributed by atoms with Gasteiger partial charge in [-0.2, -0.15) is 0 Å². The third-order valence-electron chi connectivity index (χ3n) is 4.45. The van der Waals surface area contributed by atoms with E-state index in [0.29, 0.717) is 18.8 Å². The Bertz CT molecular complexity index is 218. The van der Waals surface area contributed by atoms with Crippen LogP contribution in [-0.2, 0) is 4.74 Å². The normalized spacial score (nSPS) is 33.5. The summed E-state index contributed by atoms with van der Waals surface area (Å²) < 4.78 is 5.94. The number of rotatable bonds is 4. The molecule has 2 rings (SSSR count). The van der Waals surface area contributed by atoms with Crippen LogP contribution < -0.4 is 5.32 Å². The number of ether oxygens (including phenoxy) is 1. The largest absolute Gasteiger partial charge is 0.387 e. The molecule has 0 unspecified atom stereocenters. The van der Waals surface area contributed by atoms with Gasteiger partial charge in [-0.15, -0.1) is 0 Å². The third-order valence-corrected chi connectivity index (χ3v) is 4.45. The summed E-state index contributed by atoms with van der Waals surface area (Å²) in [6.07, 6.45) is 10.5. The zero-order chi connectivity index (χ0) is 12.1. The van der Waals surface area contributed by atoms with Gasteiger partial charge in [0.05, 0.1) is 18.3 Å². The Balaban J connectivity index is 1.68. The second-order valence-electron chi connectivity index (χ2n) is 5.86. The van der Waals surface area contributed by atoms with Gasteiger partial charge in [0.2, 0.25) is 0 Å². The number of nitrogens with one attached hydrogen (secondary N) is 1. The Morgan fingerprint density at radius 2 is 1.76 bits per heavy atom. The molecule has 0 aromatic rings. The fourth-order valence-corrected chi connectivity index (χ4v) is 3.15. The van der Waals surface area contributed by atoms with E-state index in [1.165, 1.54) is 19.3 Å². The van der Waals surface area contributed by atoms with Crippen molar-refractivity contribution in [3.8, 4) is 0 Å². The van der Waals surface area contributed by atoms with Gasteiger partial charge >= 0.3 is 0 Å². The second-order valence-corrected chi connectivity index (χ2v) is 5.86. The Hall–Kier alpha value is -0.120. The molecule has 2 saturated carbocycles. The molecule has 0 atom stereocenters. The molecule has 0 heterocycles. The zero-order valence-electron chi connectivity index (χ0n) is 11.1. The molecule has 2 N–H and O–H groups in total. The van der Waals surface area contributed by atoms with E-state index >= 15 is 0 Å². The third kappa shape index (κ3) is 3.94. The summed E-state index contributed by atoms with van der Waals surface area (Å²) in [4.78, 5) is 0. The summed E-state index contributed by atoms with van der Waals surface area (Å²) in [5.41, 5.74) is -0.516. The highest BCUT2D eigenvalue weighted by Crippen LogP contribution is 2.30. The van der Waals surface area contributed by atoms with Crippen molar-refractivity contribution in [3.63, 3.8) is 0 Å². The maximum Gasteiger partial charge on any atom is 0.0880 e. The molecular formula is C14H27NO2. The molecule has 0 aromatic heterocycles. The average Bonchev–Trinajstić information content (AvgIpc) is 2.38. The predicted octanol–water partition coefficient (Wildman–Crippen LogP) is 2.23. The average molecular weight is 241 g/mol. The Labute approximate surface area is 105 Å². The predicted molar refractivity (Wildman–Crippen MR) is 69.1 cm³/mol. The molecule has 17 heavy (non-hydrogen) atoms. The molecule has 100 valence electrons. The topological polar surface area (TPSA) is 41.5 Å². The highest BCUT2D eigenvalue weighted by molar-refractivity contribution is 4.83. The molecule has 3 nitrogen and oxygen atoms in total. The van der Waals surface area contributed by atoms with Gasteiger partial charge in [-0.1, -0.05) is 19.3 Å². The molecule has 0 aliphatic heterocycles. The van der Waals surface area contributed by atoms with Crippen LogP contribution in [0.5, 0.6) is 0 Å². The van der Waals surface area contributed by atoms with E-state index in [-0.39, 0.29) is 0 Å². The highest BCUT2D eigenvalue weighted by atomic mass is 16.5. The van der Waals surface area contributed by atoms with Crippen molar-refractivity contribution in [2.45, 2.75) is 75.5 Å². The molecule has 0 spiro atoms. The molecule has 3 heteroatoms. The van der Waals surface area contributed by atoms with Gasteiger partial charge in [0, 0.05) is 6.04 Å². The van der Waals surface area contributed by atoms with E-state index in [0.717, 1.165) is 38.5 Å². The van der Waals surface area contributed by atoms with Crippen LogP contribution in [0.15, 0.2) is 0 Å². The van der Waals surface area contributed by atoms with E-state index in [4.69, 9.17) is 4.74 Å². The molecule has 0 amide bonds. The molecule has 2 fully saturated rings. The molecule has 0 radical (unpaired) electrons. The number of hydrogen-bond acceptors (Lipinski definition) is 3. The smallest absolute Gasteiger partial charge is 0.0880 e. The molecule has 2 aliphatic carbocycles. The van der Waals surface area contributed by atoms with Gasteiger partial charge < -0.3 is 15.2 Å². The Kier molecular flexibility index (Phi) is 4.83. The first-order valence-corrected chi connectivity index (χ1v) is 7.23. The summed E-state index contributed by atoms with van der Waals surface area (Å²) >= 11 is 0.